The molecule has 0 N–H and O–H groups in total. The lowest BCUT2D eigenvalue weighted by atomic mass is 9.95. The molecule has 0 spiro atoms. The number of hydrogen-bond donors (Lipinski definition) is 0. The molecule has 0 radical (unpaired) electrons. The number of aromatic nitrogens is 1. The van der Waals surface area contributed by atoms with E-state index in [1.54, 1.807) is 52.3 Å². The summed E-state index contributed by atoms with van der Waals surface area (Å²) in [7, 11) is 5.21. The number of piperazine rings is 1. The smallest absolute Gasteiger partial charge is 0.338 e. The van der Waals surface area contributed by atoms with E-state index in [4.69, 9.17) is 18.6 Å². The van der Waals surface area contributed by atoms with Gasteiger partial charge < -0.3 is 28.4 Å². The number of likely N-dealkylation sites (N-methyl/N-ethyl adjacent to an activating group) is 1. The largest absolute Gasteiger partial charge is 0.497 e. The standard InChI is InChI=1S/C28H32N4O6S/c1-6-37-27(34)24-17(2)29-28-32(25(24)20-15-18(35-4)7-9-21(20)36-5)26(33)22(39-28)16-19-8-10-23(38-19)31-13-11-30(3)12-14-31/h7-10,15-16,25H,6,11-14H2,1-5H3/t25-/m0/s1. The highest BCUT2D eigenvalue weighted by atomic mass is 32.1. The minimum atomic E-state index is -0.815. The average Bonchev–Trinajstić information content (AvgIpc) is 3.52. The van der Waals surface area contributed by atoms with Crippen molar-refractivity contribution in [1.29, 1.82) is 0 Å². The van der Waals surface area contributed by atoms with Crippen LogP contribution in [0.25, 0.3) is 6.08 Å². The van der Waals surface area contributed by atoms with Crippen LogP contribution in [0.2, 0.25) is 0 Å². The van der Waals surface area contributed by atoms with Crippen molar-refractivity contribution < 1.29 is 23.4 Å². The molecule has 4 heterocycles. The third-order valence-corrected chi connectivity index (χ3v) is 7.93. The van der Waals surface area contributed by atoms with E-state index < -0.39 is 12.0 Å². The van der Waals surface area contributed by atoms with E-state index in [1.165, 1.54) is 15.9 Å². The lowest BCUT2D eigenvalue weighted by molar-refractivity contribution is -0.139. The molecular formula is C28H32N4O6S. The van der Waals surface area contributed by atoms with E-state index in [0.717, 1.165) is 32.1 Å². The number of furan rings is 1. The molecule has 0 amide bonds. The van der Waals surface area contributed by atoms with Gasteiger partial charge in [0.15, 0.2) is 10.7 Å². The van der Waals surface area contributed by atoms with Gasteiger partial charge in [0.1, 0.15) is 23.3 Å². The number of carbonyl (C=O) groups is 1. The summed E-state index contributed by atoms with van der Waals surface area (Å²) in [5, 5.41) is 0. The molecule has 39 heavy (non-hydrogen) atoms. The van der Waals surface area contributed by atoms with Crippen LogP contribution in [0.3, 0.4) is 0 Å². The first-order valence-corrected chi connectivity index (χ1v) is 13.6. The van der Waals surface area contributed by atoms with Gasteiger partial charge in [-0.2, -0.15) is 0 Å². The van der Waals surface area contributed by atoms with Gasteiger partial charge >= 0.3 is 5.97 Å². The topological polar surface area (TPSA) is 98.7 Å². The molecule has 2 aromatic heterocycles. The third kappa shape index (κ3) is 5.11. The van der Waals surface area contributed by atoms with Crippen LogP contribution < -0.4 is 29.3 Å². The number of anilines is 1. The van der Waals surface area contributed by atoms with E-state index in [1.807, 2.05) is 12.1 Å². The summed E-state index contributed by atoms with van der Waals surface area (Å²) in [6.45, 7) is 7.36. The highest BCUT2D eigenvalue weighted by molar-refractivity contribution is 7.07. The van der Waals surface area contributed by atoms with E-state index in [0.29, 0.717) is 37.9 Å². The van der Waals surface area contributed by atoms with Gasteiger partial charge in [0.2, 0.25) is 0 Å². The number of esters is 1. The monoisotopic (exact) mass is 552 g/mol. The number of ether oxygens (including phenoxy) is 3. The number of carbonyl (C=O) groups excluding carboxylic acids is 1. The predicted molar refractivity (Wildman–Crippen MR) is 148 cm³/mol. The van der Waals surface area contributed by atoms with Crippen molar-refractivity contribution in [3.8, 4) is 11.5 Å². The second-order valence-corrected chi connectivity index (χ2v) is 10.4. The van der Waals surface area contributed by atoms with E-state index in [2.05, 4.69) is 21.8 Å². The molecule has 2 aliphatic heterocycles. The van der Waals surface area contributed by atoms with Gasteiger partial charge in [0.25, 0.3) is 5.56 Å². The van der Waals surface area contributed by atoms with Crippen LogP contribution >= 0.6 is 11.3 Å². The molecule has 0 bridgehead atoms. The van der Waals surface area contributed by atoms with Gasteiger partial charge in [-0.1, -0.05) is 11.3 Å². The van der Waals surface area contributed by atoms with Crippen LogP contribution in [-0.2, 0) is 9.53 Å². The number of benzene rings is 1. The van der Waals surface area contributed by atoms with Gasteiger partial charge in [-0.05, 0) is 45.2 Å². The molecule has 1 fully saturated rings. The molecule has 3 aromatic rings. The van der Waals surface area contributed by atoms with Crippen LogP contribution in [-0.4, -0.2) is 69.5 Å². The van der Waals surface area contributed by atoms with Crippen molar-refractivity contribution in [3.63, 3.8) is 0 Å². The number of fused-ring (bicyclic) bond motifs is 1. The Morgan fingerprint density at radius 2 is 1.92 bits per heavy atom. The summed E-state index contributed by atoms with van der Waals surface area (Å²) >= 11 is 1.24. The zero-order valence-corrected chi connectivity index (χ0v) is 23.5. The number of nitrogens with zero attached hydrogens (tertiary/aromatic N) is 4. The Morgan fingerprint density at radius 3 is 2.62 bits per heavy atom. The zero-order valence-electron chi connectivity index (χ0n) is 22.7. The molecule has 1 atom stereocenters. The Labute approximate surface area is 230 Å². The average molecular weight is 553 g/mol. The number of allylic oxidation sites excluding steroid dienone is 1. The Balaban J connectivity index is 1.63. The van der Waals surface area contributed by atoms with Crippen molar-refractivity contribution in [1.82, 2.24) is 9.47 Å². The molecule has 5 rings (SSSR count). The summed E-state index contributed by atoms with van der Waals surface area (Å²) in [5.41, 5.74) is 1.06. The maximum atomic E-state index is 13.9. The minimum absolute atomic E-state index is 0.191. The van der Waals surface area contributed by atoms with E-state index >= 15 is 0 Å². The van der Waals surface area contributed by atoms with Crippen molar-refractivity contribution in [2.45, 2.75) is 19.9 Å². The van der Waals surface area contributed by atoms with Crippen molar-refractivity contribution in [3.05, 3.63) is 72.6 Å². The molecule has 0 saturated carbocycles. The van der Waals surface area contributed by atoms with Crippen LogP contribution in [0.15, 0.2) is 55.8 Å². The molecule has 10 nitrogen and oxygen atoms in total. The summed E-state index contributed by atoms with van der Waals surface area (Å²) in [6.07, 6.45) is 1.73. The number of thiazole rings is 1. The van der Waals surface area contributed by atoms with Crippen LogP contribution in [0.1, 0.15) is 31.2 Å². The zero-order chi connectivity index (χ0) is 27.7. The first kappa shape index (κ1) is 26.8. The van der Waals surface area contributed by atoms with Crippen molar-refractivity contribution >= 4 is 29.3 Å². The predicted octanol–water partition coefficient (Wildman–Crippen LogP) is 2.16. The van der Waals surface area contributed by atoms with Gasteiger partial charge in [0, 0.05) is 43.9 Å². The molecule has 0 aliphatic carbocycles. The molecule has 206 valence electrons. The molecule has 0 unspecified atom stereocenters. The quantitative estimate of drug-likeness (QED) is 0.412. The van der Waals surface area contributed by atoms with E-state index in [-0.39, 0.29) is 17.7 Å². The highest BCUT2D eigenvalue weighted by Crippen LogP contribution is 2.37. The fraction of sp³-hybridized carbons (Fsp3) is 0.393. The summed E-state index contributed by atoms with van der Waals surface area (Å²) < 4.78 is 24.5. The Bertz CT molecular complexity index is 1590. The molecule has 1 aromatic carbocycles. The number of methoxy groups -OCH3 is 2. The fourth-order valence-electron chi connectivity index (χ4n) is 4.88. The lowest BCUT2D eigenvalue weighted by Crippen LogP contribution is -2.44. The normalized spacial score (nSPS) is 18.1. The van der Waals surface area contributed by atoms with Gasteiger partial charge in [-0.3, -0.25) is 9.36 Å². The minimum Gasteiger partial charge on any atom is -0.497 e. The first-order chi connectivity index (χ1) is 18.8. The van der Waals surface area contributed by atoms with Crippen LogP contribution in [0.4, 0.5) is 5.88 Å². The Kier molecular flexibility index (Phi) is 7.62. The fourth-order valence-corrected chi connectivity index (χ4v) is 5.91. The summed E-state index contributed by atoms with van der Waals surface area (Å²) in [5.74, 6) is 1.89. The SMILES string of the molecule is CCOC(=O)C1=C(C)N=c2sc(=Cc3ccc(N4CCN(C)CC4)o3)c(=O)n2[C@H]1c1cc(OC)ccc1OC. The molecule has 2 aliphatic rings. The molecular weight excluding hydrogens is 520 g/mol. The maximum Gasteiger partial charge on any atom is 0.338 e. The summed E-state index contributed by atoms with van der Waals surface area (Å²) in [4.78, 5) is 36.7. The van der Waals surface area contributed by atoms with E-state index in [9.17, 15) is 9.59 Å². The van der Waals surface area contributed by atoms with Crippen LogP contribution in [0.5, 0.6) is 11.5 Å². The number of hydrogen-bond acceptors (Lipinski definition) is 10. The number of rotatable bonds is 7. The van der Waals surface area contributed by atoms with Crippen molar-refractivity contribution in [2.75, 3.05) is 59.0 Å². The highest BCUT2D eigenvalue weighted by Gasteiger charge is 2.35. The Hall–Kier alpha value is -3.83. The van der Waals surface area contributed by atoms with Gasteiger partial charge in [0.05, 0.1) is 36.6 Å². The summed E-state index contributed by atoms with van der Waals surface area (Å²) in [6, 6.07) is 8.27. The maximum absolute atomic E-state index is 13.9. The second-order valence-electron chi connectivity index (χ2n) is 9.38. The van der Waals surface area contributed by atoms with Crippen LogP contribution in [0, 0.1) is 0 Å². The van der Waals surface area contributed by atoms with Gasteiger partial charge in [-0.25, -0.2) is 9.79 Å². The molecule has 1 saturated heterocycles. The first-order valence-electron chi connectivity index (χ1n) is 12.8. The lowest BCUT2D eigenvalue weighted by Gasteiger charge is -2.32. The second kappa shape index (κ2) is 11.1. The van der Waals surface area contributed by atoms with Crippen molar-refractivity contribution in [2.24, 2.45) is 4.99 Å². The van der Waals surface area contributed by atoms with Gasteiger partial charge in [-0.15, -0.1) is 0 Å². The molecule has 11 heteroatoms. The Morgan fingerprint density at radius 1 is 1.15 bits per heavy atom. The third-order valence-electron chi connectivity index (χ3n) is 6.95.